The van der Waals surface area contributed by atoms with Crippen molar-refractivity contribution in [1.82, 2.24) is 10.4 Å². The van der Waals surface area contributed by atoms with E-state index in [9.17, 15) is 9.59 Å². The lowest BCUT2D eigenvalue weighted by Gasteiger charge is -2.26. The quantitative estimate of drug-likeness (QED) is 0.676. The van der Waals surface area contributed by atoms with Crippen molar-refractivity contribution >= 4 is 28.6 Å². The summed E-state index contributed by atoms with van der Waals surface area (Å²) in [4.78, 5) is 24.3. The highest BCUT2D eigenvalue weighted by Crippen LogP contribution is 2.24. The number of benzene rings is 1. The second kappa shape index (κ2) is 7.16. The van der Waals surface area contributed by atoms with Crippen molar-refractivity contribution in [1.29, 1.82) is 0 Å². The third-order valence-corrected chi connectivity index (χ3v) is 4.58. The van der Waals surface area contributed by atoms with E-state index >= 15 is 0 Å². The molecule has 122 valence electrons. The summed E-state index contributed by atoms with van der Waals surface area (Å²) in [6, 6.07) is 7.12. The van der Waals surface area contributed by atoms with Crippen molar-refractivity contribution in [3.8, 4) is 0 Å². The average Bonchev–Trinajstić information content (AvgIpc) is 2.53. The van der Waals surface area contributed by atoms with Crippen molar-refractivity contribution in [3.05, 3.63) is 40.2 Å². The minimum atomic E-state index is -0.359. The van der Waals surface area contributed by atoms with Crippen LogP contribution in [0.15, 0.2) is 38.4 Å². The number of carbonyl (C=O) groups is 1. The number of hydrogen-bond acceptors (Lipinski definition) is 6. The van der Waals surface area contributed by atoms with E-state index in [0.29, 0.717) is 37.6 Å². The largest absolute Gasteiger partial charge is 0.423 e. The number of rotatable bonds is 4. The Hall–Kier alpha value is -1.83. The molecule has 0 unspecified atom stereocenters. The molecule has 1 aliphatic rings. The highest BCUT2D eigenvalue weighted by molar-refractivity contribution is 8.00. The number of aryl methyl sites for hydroxylation is 1. The lowest BCUT2D eigenvalue weighted by Crippen LogP contribution is -2.48. The molecule has 0 aliphatic carbocycles. The van der Waals surface area contributed by atoms with E-state index in [-0.39, 0.29) is 11.5 Å². The maximum atomic E-state index is 12.0. The van der Waals surface area contributed by atoms with Crippen LogP contribution < -0.4 is 11.1 Å². The minimum absolute atomic E-state index is 0.0531. The summed E-state index contributed by atoms with van der Waals surface area (Å²) in [6.07, 6.45) is 0. The Balaban J connectivity index is 1.62. The molecule has 0 spiro atoms. The lowest BCUT2D eigenvalue weighted by molar-refractivity contribution is -0.125. The van der Waals surface area contributed by atoms with E-state index < -0.39 is 0 Å². The Morgan fingerprint density at radius 3 is 2.87 bits per heavy atom. The minimum Gasteiger partial charge on any atom is -0.423 e. The van der Waals surface area contributed by atoms with Gasteiger partial charge in [-0.2, -0.15) is 0 Å². The van der Waals surface area contributed by atoms with Crippen molar-refractivity contribution in [2.24, 2.45) is 0 Å². The van der Waals surface area contributed by atoms with Gasteiger partial charge in [-0.15, -0.1) is 11.8 Å². The molecular weight excluding hydrogens is 316 g/mol. The molecule has 1 N–H and O–H groups in total. The normalized spacial score (nSPS) is 15.7. The first kappa shape index (κ1) is 16.0. The molecule has 7 heteroatoms. The standard InChI is InChI=1S/C16H18N2O4S/c1-11-8-16(20)22-14-9-12(2-3-13(11)14)23-10-15(19)17-18-4-6-21-7-5-18/h2-3,8-9H,4-7,10H2,1H3,(H,17,19). The molecule has 0 bridgehead atoms. The van der Waals surface area contributed by atoms with Crippen molar-refractivity contribution in [2.45, 2.75) is 11.8 Å². The zero-order chi connectivity index (χ0) is 16.2. The van der Waals surface area contributed by atoms with Gasteiger partial charge in [0.15, 0.2) is 0 Å². The molecule has 0 atom stereocenters. The smallest absolute Gasteiger partial charge is 0.336 e. The number of fused-ring (bicyclic) bond motifs is 1. The number of carbonyl (C=O) groups excluding carboxylic acids is 1. The van der Waals surface area contributed by atoms with Gasteiger partial charge in [-0.05, 0) is 30.7 Å². The number of thioether (sulfide) groups is 1. The van der Waals surface area contributed by atoms with Gasteiger partial charge < -0.3 is 9.15 Å². The van der Waals surface area contributed by atoms with Gasteiger partial charge in [-0.25, -0.2) is 9.80 Å². The van der Waals surface area contributed by atoms with Crippen LogP contribution in [-0.2, 0) is 9.53 Å². The first-order chi connectivity index (χ1) is 11.1. The molecular formula is C16H18N2O4S. The summed E-state index contributed by atoms with van der Waals surface area (Å²) in [6.45, 7) is 4.56. The van der Waals surface area contributed by atoms with Gasteiger partial charge in [-0.1, -0.05) is 0 Å². The van der Waals surface area contributed by atoms with E-state index in [1.165, 1.54) is 17.8 Å². The van der Waals surface area contributed by atoms with Crippen LogP contribution in [0.1, 0.15) is 5.56 Å². The van der Waals surface area contributed by atoms with Gasteiger partial charge in [0.1, 0.15) is 5.58 Å². The fourth-order valence-corrected chi connectivity index (χ4v) is 3.14. The first-order valence-corrected chi connectivity index (χ1v) is 8.40. The third-order valence-electron chi connectivity index (χ3n) is 3.59. The van der Waals surface area contributed by atoms with Crippen LogP contribution in [0.3, 0.4) is 0 Å². The summed E-state index contributed by atoms with van der Waals surface area (Å²) in [5.41, 5.74) is 3.94. The number of ether oxygens (including phenoxy) is 1. The second-order valence-electron chi connectivity index (χ2n) is 5.33. The maximum Gasteiger partial charge on any atom is 0.336 e. The van der Waals surface area contributed by atoms with Gasteiger partial charge in [-0.3, -0.25) is 10.2 Å². The highest BCUT2D eigenvalue weighted by atomic mass is 32.2. The monoisotopic (exact) mass is 334 g/mol. The predicted molar refractivity (Wildman–Crippen MR) is 88.5 cm³/mol. The average molecular weight is 334 g/mol. The first-order valence-electron chi connectivity index (χ1n) is 7.41. The van der Waals surface area contributed by atoms with Crippen LogP contribution >= 0.6 is 11.8 Å². The van der Waals surface area contributed by atoms with E-state index in [1.807, 2.05) is 24.1 Å². The Bertz CT molecular complexity index is 768. The summed E-state index contributed by atoms with van der Waals surface area (Å²) in [5.74, 6) is 0.251. The molecule has 23 heavy (non-hydrogen) atoms. The second-order valence-corrected chi connectivity index (χ2v) is 6.38. The lowest BCUT2D eigenvalue weighted by atomic mass is 10.1. The molecule has 1 aliphatic heterocycles. The van der Waals surface area contributed by atoms with Crippen molar-refractivity contribution in [2.75, 3.05) is 32.1 Å². The molecule has 2 aromatic rings. The summed E-state index contributed by atoms with van der Waals surface area (Å²) >= 11 is 1.41. The van der Waals surface area contributed by atoms with Crippen LogP contribution in [0, 0.1) is 6.92 Å². The van der Waals surface area contributed by atoms with Gasteiger partial charge in [0.2, 0.25) is 5.91 Å². The number of hydrogen-bond donors (Lipinski definition) is 1. The summed E-state index contributed by atoms with van der Waals surface area (Å²) in [7, 11) is 0. The predicted octanol–water partition coefficient (Wildman–Crippen LogP) is 1.56. The van der Waals surface area contributed by atoms with Gasteiger partial charge in [0.05, 0.1) is 19.0 Å². The van der Waals surface area contributed by atoms with E-state index in [0.717, 1.165) is 15.8 Å². The van der Waals surface area contributed by atoms with E-state index in [4.69, 9.17) is 9.15 Å². The zero-order valence-corrected chi connectivity index (χ0v) is 13.6. The number of nitrogens with zero attached hydrogens (tertiary/aromatic N) is 1. The highest BCUT2D eigenvalue weighted by Gasteiger charge is 2.13. The molecule has 1 aromatic carbocycles. The SMILES string of the molecule is Cc1cc(=O)oc2cc(SCC(=O)NN3CCOCC3)ccc12. The number of amides is 1. The van der Waals surface area contributed by atoms with Crippen LogP contribution in [0.5, 0.6) is 0 Å². The molecule has 0 radical (unpaired) electrons. The fraction of sp³-hybridized carbons (Fsp3) is 0.375. The molecule has 3 rings (SSSR count). The van der Waals surface area contributed by atoms with Crippen molar-refractivity contribution in [3.63, 3.8) is 0 Å². The number of morpholine rings is 1. The van der Waals surface area contributed by atoms with E-state index in [2.05, 4.69) is 5.43 Å². The summed E-state index contributed by atoms with van der Waals surface area (Å²) in [5, 5.41) is 2.78. The molecule has 1 fully saturated rings. The molecule has 1 amide bonds. The third kappa shape index (κ3) is 4.13. The number of nitrogens with one attached hydrogen (secondary N) is 1. The van der Waals surface area contributed by atoms with Crippen LogP contribution in [0.25, 0.3) is 11.0 Å². The van der Waals surface area contributed by atoms with Gasteiger partial charge in [0.25, 0.3) is 0 Å². The van der Waals surface area contributed by atoms with Crippen LogP contribution in [-0.4, -0.2) is 43.0 Å². The molecule has 0 saturated carbocycles. The number of hydrazine groups is 1. The Morgan fingerprint density at radius 1 is 1.30 bits per heavy atom. The van der Waals surface area contributed by atoms with E-state index in [1.54, 1.807) is 6.07 Å². The molecule has 6 nitrogen and oxygen atoms in total. The maximum absolute atomic E-state index is 12.0. The Morgan fingerprint density at radius 2 is 2.09 bits per heavy atom. The van der Waals surface area contributed by atoms with Gasteiger partial charge >= 0.3 is 5.63 Å². The molecule has 2 heterocycles. The Kier molecular flexibility index (Phi) is 5.00. The topological polar surface area (TPSA) is 71.8 Å². The van der Waals surface area contributed by atoms with Crippen LogP contribution in [0.4, 0.5) is 0 Å². The van der Waals surface area contributed by atoms with Crippen LogP contribution in [0.2, 0.25) is 0 Å². The zero-order valence-electron chi connectivity index (χ0n) is 12.8. The van der Waals surface area contributed by atoms with Crippen molar-refractivity contribution < 1.29 is 13.9 Å². The Labute approximate surface area is 137 Å². The molecule has 1 saturated heterocycles. The summed E-state index contributed by atoms with van der Waals surface area (Å²) < 4.78 is 10.5. The van der Waals surface area contributed by atoms with Gasteiger partial charge in [0, 0.05) is 29.4 Å². The fourth-order valence-electron chi connectivity index (χ4n) is 2.43. The molecule has 1 aromatic heterocycles.